The van der Waals surface area contributed by atoms with E-state index in [1.165, 1.54) is 32.1 Å². The van der Waals surface area contributed by atoms with Gasteiger partial charge >= 0.3 is 6.00 Å². The molecule has 0 saturated heterocycles. The number of halogens is 3. The molecule has 1 saturated carbocycles. The zero-order valence-corrected chi connectivity index (χ0v) is 12.2. The fourth-order valence-corrected chi connectivity index (χ4v) is 7.90. The first-order chi connectivity index (χ1) is 6.46. The van der Waals surface area contributed by atoms with Gasteiger partial charge in [0, 0.05) is 0 Å². The minimum absolute atomic E-state index is 0.402. The predicted molar refractivity (Wildman–Crippen MR) is 68.5 cm³/mol. The SMILES string of the molecule is CCCCC1CCC(C)C1[Si](Cl)(Cl)Cl. The Kier molecular flexibility index (Phi) is 5.10. The molecule has 1 rings (SSSR count). The first-order valence-electron chi connectivity index (χ1n) is 5.53. The van der Waals surface area contributed by atoms with Crippen LogP contribution in [0.1, 0.15) is 46.0 Å². The molecule has 1 aliphatic rings. The molecule has 0 aliphatic heterocycles. The highest BCUT2D eigenvalue weighted by molar-refractivity contribution is 7.65. The van der Waals surface area contributed by atoms with Crippen molar-refractivity contribution in [1.82, 2.24) is 0 Å². The summed E-state index contributed by atoms with van der Waals surface area (Å²) in [6.07, 6.45) is 6.31. The summed E-state index contributed by atoms with van der Waals surface area (Å²) in [4.78, 5) is 0. The summed E-state index contributed by atoms with van der Waals surface area (Å²) in [6, 6.07) is -2.48. The maximum Gasteiger partial charge on any atom is 0.344 e. The average Bonchev–Trinajstić information content (AvgIpc) is 2.42. The molecule has 0 aromatic rings. The van der Waals surface area contributed by atoms with Gasteiger partial charge in [0.1, 0.15) is 0 Å². The first-order valence-corrected chi connectivity index (χ1v) is 10.6. The Hall–Kier alpha value is 1.09. The van der Waals surface area contributed by atoms with Crippen molar-refractivity contribution >= 4 is 39.2 Å². The third kappa shape index (κ3) is 3.30. The second kappa shape index (κ2) is 5.43. The van der Waals surface area contributed by atoms with E-state index in [-0.39, 0.29) is 0 Å². The van der Waals surface area contributed by atoms with Crippen LogP contribution in [0.25, 0.3) is 0 Å². The molecule has 0 spiro atoms. The van der Waals surface area contributed by atoms with Gasteiger partial charge in [0.05, 0.1) is 0 Å². The molecule has 1 aliphatic carbocycles. The Balaban J connectivity index is 2.58. The van der Waals surface area contributed by atoms with Gasteiger partial charge in [0.2, 0.25) is 0 Å². The lowest BCUT2D eigenvalue weighted by molar-refractivity contribution is 0.457. The average molecular weight is 274 g/mol. The number of rotatable bonds is 4. The Morgan fingerprint density at radius 3 is 2.36 bits per heavy atom. The highest BCUT2D eigenvalue weighted by Crippen LogP contribution is 2.53. The second-order valence-electron chi connectivity index (χ2n) is 4.52. The monoisotopic (exact) mass is 272 g/mol. The number of unbranched alkanes of at least 4 members (excludes halogenated alkanes) is 1. The molecule has 0 radical (unpaired) electrons. The van der Waals surface area contributed by atoms with Gasteiger partial charge in [-0.1, -0.05) is 46.0 Å². The first kappa shape index (κ1) is 13.2. The van der Waals surface area contributed by atoms with Gasteiger partial charge in [-0.3, -0.25) is 0 Å². The summed E-state index contributed by atoms with van der Waals surface area (Å²) in [5.41, 5.74) is 0.402. The van der Waals surface area contributed by atoms with E-state index in [4.69, 9.17) is 33.2 Å². The lowest BCUT2D eigenvalue weighted by Gasteiger charge is -2.27. The van der Waals surface area contributed by atoms with Crippen molar-refractivity contribution in [3.63, 3.8) is 0 Å². The zero-order valence-electron chi connectivity index (χ0n) is 8.90. The van der Waals surface area contributed by atoms with Crippen LogP contribution in [0, 0.1) is 11.8 Å². The molecule has 84 valence electrons. The third-order valence-electron chi connectivity index (χ3n) is 3.42. The highest BCUT2D eigenvalue weighted by Gasteiger charge is 2.47. The maximum absolute atomic E-state index is 6.18. The molecule has 0 N–H and O–H groups in total. The van der Waals surface area contributed by atoms with Gasteiger partial charge in [-0.25, -0.2) is 0 Å². The lowest BCUT2D eigenvalue weighted by atomic mass is 9.99. The normalized spacial score (nSPS) is 33.6. The molecule has 0 aromatic carbocycles. The zero-order chi connectivity index (χ0) is 10.8. The van der Waals surface area contributed by atoms with Crippen molar-refractivity contribution in [3.8, 4) is 0 Å². The minimum Gasteiger partial charge on any atom is -0.126 e. The second-order valence-corrected chi connectivity index (χ2v) is 13.4. The summed E-state index contributed by atoms with van der Waals surface area (Å²) in [5, 5.41) is 0. The Morgan fingerprint density at radius 2 is 1.86 bits per heavy atom. The quantitative estimate of drug-likeness (QED) is 0.485. The van der Waals surface area contributed by atoms with E-state index in [9.17, 15) is 0 Å². The van der Waals surface area contributed by atoms with Gasteiger partial charge in [-0.2, -0.15) is 0 Å². The molecular weight excluding hydrogens is 255 g/mol. The number of hydrogen-bond donors (Lipinski definition) is 0. The summed E-state index contributed by atoms with van der Waals surface area (Å²) in [5.74, 6) is 1.31. The van der Waals surface area contributed by atoms with Crippen molar-refractivity contribution in [2.24, 2.45) is 11.8 Å². The van der Waals surface area contributed by atoms with Crippen LogP contribution in [0.4, 0.5) is 0 Å². The highest BCUT2D eigenvalue weighted by atomic mass is 35.8. The van der Waals surface area contributed by atoms with E-state index in [0.717, 1.165) is 0 Å². The Labute approximate surface area is 102 Å². The van der Waals surface area contributed by atoms with Crippen LogP contribution in [0.2, 0.25) is 5.54 Å². The molecule has 0 bridgehead atoms. The van der Waals surface area contributed by atoms with E-state index in [2.05, 4.69) is 13.8 Å². The van der Waals surface area contributed by atoms with Crippen LogP contribution in [-0.4, -0.2) is 6.00 Å². The molecule has 0 amide bonds. The lowest BCUT2D eigenvalue weighted by Crippen LogP contribution is -2.27. The molecule has 0 heterocycles. The summed E-state index contributed by atoms with van der Waals surface area (Å²) in [7, 11) is 0. The van der Waals surface area contributed by atoms with Crippen molar-refractivity contribution in [2.45, 2.75) is 51.5 Å². The van der Waals surface area contributed by atoms with Gasteiger partial charge < -0.3 is 0 Å². The maximum atomic E-state index is 6.18. The van der Waals surface area contributed by atoms with E-state index < -0.39 is 6.00 Å². The van der Waals surface area contributed by atoms with Crippen LogP contribution in [0.3, 0.4) is 0 Å². The topological polar surface area (TPSA) is 0 Å². The number of hydrogen-bond acceptors (Lipinski definition) is 0. The van der Waals surface area contributed by atoms with Crippen LogP contribution < -0.4 is 0 Å². The Morgan fingerprint density at radius 1 is 1.21 bits per heavy atom. The van der Waals surface area contributed by atoms with E-state index in [1.54, 1.807) is 0 Å². The van der Waals surface area contributed by atoms with Crippen LogP contribution in [0.15, 0.2) is 0 Å². The Bertz CT molecular complexity index is 179. The molecule has 1 fully saturated rings. The molecule has 3 atom stereocenters. The summed E-state index contributed by atoms with van der Waals surface area (Å²) < 4.78 is 0. The van der Waals surface area contributed by atoms with Gasteiger partial charge in [0.25, 0.3) is 0 Å². The molecule has 3 unspecified atom stereocenters. The smallest absolute Gasteiger partial charge is 0.126 e. The predicted octanol–water partition coefficient (Wildman–Crippen LogP) is 5.25. The van der Waals surface area contributed by atoms with Gasteiger partial charge in [0.15, 0.2) is 0 Å². The van der Waals surface area contributed by atoms with Crippen molar-refractivity contribution in [2.75, 3.05) is 0 Å². The fraction of sp³-hybridized carbons (Fsp3) is 1.00. The van der Waals surface area contributed by atoms with Crippen LogP contribution in [-0.2, 0) is 0 Å². The van der Waals surface area contributed by atoms with Crippen molar-refractivity contribution in [3.05, 3.63) is 0 Å². The molecule has 0 nitrogen and oxygen atoms in total. The van der Waals surface area contributed by atoms with Gasteiger partial charge in [-0.05, 0) is 17.4 Å². The minimum atomic E-state index is -2.48. The third-order valence-corrected chi connectivity index (χ3v) is 7.48. The molecule has 14 heavy (non-hydrogen) atoms. The van der Waals surface area contributed by atoms with Gasteiger partial charge in [-0.15, -0.1) is 33.2 Å². The van der Waals surface area contributed by atoms with E-state index in [1.807, 2.05) is 0 Å². The molecular formula is C10H19Cl3Si. The fourth-order valence-electron chi connectivity index (χ4n) is 2.68. The summed E-state index contributed by atoms with van der Waals surface area (Å²) >= 11 is 18.5. The summed E-state index contributed by atoms with van der Waals surface area (Å²) in [6.45, 7) is 4.46. The standard InChI is InChI=1S/C10H19Cl3Si/c1-3-4-5-9-7-6-8(2)10(9)14(11,12)13/h8-10H,3-7H2,1-2H3. The molecule has 4 heteroatoms. The van der Waals surface area contributed by atoms with Crippen molar-refractivity contribution < 1.29 is 0 Å². The van der Waals surface area contributed by atoms with Crippen molar-refractivity contribution in [1.29, 1.82) is 0 Å². The van der Waals surface area contributed by atoms with E-state index >= 15 is 0 Å². The largest absolute Gasteiger partial charge is 0.344 e. The van der Waals surface area contributed by atoms with Crippen LogP contribution >= 0.6 is 33.2 Å². The molecule has 0 aromatic heterocycles. The van der Waals surface area contributed by atoms with Crippen LogP contribution in [0.5, 0.6) is 0 Å². The van der Waals surface area contributed by atoms with E-state index in [0.29, 0.717) is 17.4 Å².